The molecule has 0 aliphatic carbocycles. The number of rotatable bonds is 6. The predicted molar refractivity (Wildman–Crippen MR) is 65.4 cm³/mol. The molecule has 1 atom stereocenters. The van der Waals surface area contributed by atoms with E-state index in [1.165, 1.54) is 4.31 Å². The topological polar surface area (TPSA) is 55.8 Å². The molecule has 7 heteroatoms. The maximum Gasteiger partial charge on any atom is 0.216 e. The second kappa shape index (κ2) is 6.90. The second-order valence-corrected chi connectivity index (χ2v) is 6.25. The fraction of sp³-hybridized carbons (Fsp3) is 1.00. The van der Waals surface area contributed by atoms with Gasteiger partial charge in [0.2, 0.25) is 10.0 Å². The highest BCUT2D eigenvalue weighted by Crippen LogP contribution is 2.12. The van der Waals surface area contributed by atoms with Crippen LogP contribution in [-0.4, -0.2) is 62.8 Å². The quantitative estimate of drug-likeness (QED) is 0.527. The van der Waals surface area contributed by atoms with Crippen molar-refractivity contribution in [2.75, 3.05) is 44.0 Å². The molecule has 1 aliphatic rings. The van der Waals surface area contributed by atoms with Gasteiger partial charge in [-0.25, -0.2) is 8.42 Å². The minimum Gasteiger partial charge on any atom is -0.381 e. The van der Waals surface area contributed by atoms with Gasteiger partial charge in [-0.3, -0.25) is 0 Å². The average Bonchev–Trinajstić information content (AvgIpc) is 2.29. The standard InChI is InChI=1S/C9H18BrNO4S/c1-2-14-5-6-16(12,13)11-3-4-15-9(7-10)8-11/h9H,2-8H2,1H3. The maximum atomic E-state index is 11.9. The highest BCUT2D eigenvalue weighted by Gasteiger charge is 2.28. The van der Waals surface area contributed by atoms with Gasteiger partial charge < -0.3 is 9.47 Å². The van der Waals surface area contributed by atoms with E-state index in [0.29, 0.717) is 31.6 Å². The van der Waals surface area contributed by atoms with Crippen molar-refractivity contribution in [3.8, 4) is 0 Å². The van der Waals surface area contributed by atoms with Crippen molar-refractivity contribution in [2.45, 2.75) is 13.0 Å². The lowest BCUT2D eigenvalue weighted by Crippen LogP contribution is -2.47. The van der Waals surface area contributed by atoms with Gasteiger partial charge in [0.1, 0.15) is 0 Å². The Kier molecular flexibility index (Phi) is 6.20. The van der Waals surface area contributed by atoms with Crippen LogP contribution in [0.5, 0.6) is 0 Å². The Labute approximate surface area is 105 Å². The minimum atomic E-state index is -3.19. The largest absolute Gasteiger partial charge is 0.381 e. The van der Waals surface area contributed by atoms with Crippen LogP contribution in [0.4, 0.5) is 0 Å². The van der Waals surface area contributed by atoms with Gasteiger partial charge >= 0.3 is 0 Å². The average molecular weight is 316 g/mol. The first-order valence-electron chi connectivity index (χ1n) is 5.33. The van der Waals surface area contributed by atoms with Crippen molar-refractivity contribution in [3.05, 3.63) is 0 Å². The van der Waals surface area contributed by atoms with Crippen molar-refractivity contribution in [2.24, 2.45) is 0 Å². The smallest absolute Gasteiger partial charge is 0.216 e. The molecule has 1 saturated heterocycles. The molecule has 1 aliphatic heterocycles. The normalized spacial score (nSPS) is 23.5. The van der Waals surface area contributed by atoms with Crippen LogP contribution in [0.1, 0.15) is 6.92 Å². The molecule has 1 unspecified atom stereocenters. The van der Waals surface area contributed by atoms with E-state index >= 15 is 0 Å². The van der Waals surface area contributed by atoms with Crippen molar-refractivity contribution in [3.63, 3.8) is 0 Å². The van der Waals surface area contributed by atoms with E-state index in [-0.39, 0.29) is 18.5 Å². The van der Waals surface area contributed by atoms with Crippen molar-refractivity contribution >= 4 is 26.0 Å². The zero-order valence-corrected chi connectivity index (χ0v) is 11.8. The lowest BCUT2D eigenvalue weighted by molar-refractivity contribution is 0.0134. The van der Waals surface area contributed by atoms with Gasteiger partial charge in [-0.2, -0.15) is 4.31 Å². The molecule has 5 nitrogen and oxygen atoms in total. The Morgan fingerprint density at radius 2 is 2.31 bits per heavy atom. The Hall–Kier alpha value is 0.310. The minimum absolute atomic E-state index is 0.0457. The number of nitrogens with zero attached hydrogens (tertiary/aromatic N) is 1. The fourth-order valence-electron chi connectivity index (χ4n) is 1.48. The molecule has 1 rings (SSSR count). The Morgan fingerprint density at radius 3 is 2.94 bits per heavy atom. The Balaban J connectivity index is 2.47. The molecule has 1 fully saturated rings. The molecule has 0 saturated carbocycles. The number of morpholine rings is 1. The molecular weight excluding hydrogens is 298 g/mol. The molecule has 0 aromatic rings. The van der Waals surface area contributed by atoms with Crippen LogP contribution in [0.25, 0.3) is 0 Å². The van der Waals surface area contributed by atoms with Crippen LogP contribution >= 0.6 is 15.9 Å². The van der Waals surface area contributed by atoms with Gasteiger partial charge in [0.05, 0.1) is 25.1 Å². The van der Waals surface area contributed by atoms with Crippen LogP contribution in [0.2, 0.25) is 0 Å². The van der Waals surface area contributed by atoms with E-state index in [2.05, 4.69) is 15.9 Å². The van der Waals surface area contributed by atoms with Crippen LogP contribution in [0.3, 0.4) is 0 Å². The van der Waals surface area contributed by atoms with Crippen LogP contribution in [0, 0.1) is 0 Å². The van der Waals surface area contributed by atoms with Gasteiger partial charge in [0.25, 0.3) is 0 Å². The van der Waals surface area contributed by atoms with Crippen molar-refractivity contribution in [1.82, 2.24) is 4.31 Å². The van der Waals surface area contributed by atoms with Crippen molar-refractivity contribution < 1.29 is 17.9 Å². The predicted octanol–water partition coefficient (Wildman–Crippen LogP) is 0.448. The second-order valence-electron chi connectivity index (χ2n) is 3.52. The summed E-state index contributed by atoms with van der Waals surface area (Å²) in [7, 11) is -3.19. The summed E-state index contributed by atoms with van der Waals surface area (Å²) in [6.45, 7) is 3.99. The summed E-state index contributed by atoms with van der Waals surface area (Å²) in [6, 6.07) is 0. The molecule has 0 aromatic heterocycles. The number of sulfonamides is 1. The van der Waals surface area contributed by atoms with Gasteiger partial charge in [0, 0.05) is 25.0 Å². The SMILES string of the molecule is CCOCCS(=O)(=O)N1CCOC(CBr)C1. The van der Waals surface area contributed by atoms with Gasteiger partial charge in [-0.05, 0) is 6.92 Å². The summed E-state index contributed by atoms with van der Waals surface area (Å²) >= 11 is 3.30. The summed E-state index contributed by atoms with van der Waals surface area (Å²) in [5, 5.41) is 0.657. The lowest BCUT2D eigenvalue weighted by Gasteiger charge is -2.31. The highest BCUT2D eigenvalue weighted by molar-refractivity contribution is 9.09. The summed E-state index contributed by atoms with van der Waals surface area (Å²) in [6.07, 6.45) is -0.0457. The third kappa shape index (κ3) is 4.29. The van der Waals surface area contributed by atoms with Gasteiger partial charge in [-0.1, -0.05) is 15.9 Å². The monoisotopic (exact) mass is 315 g/mol. The molecule has 0 bridgehead atoms. The van der Waals surface area contributed by atoms with E-state index in [1.807, 2.05) is 6.92 Å². The first-order chi connectivity index (χ1) is 7.60. The van der Waals surface area contributed by atoms with Crippen LogP contribution in [-0.2, 0) is 19.5 Å². The summed E-state index contributed by atoms with van der Waals surface area (Å²) in [5.41, 5.74) is 0. The zero-order chi connectivity index (χ0) is 12.0. The summed E-state index contributed by atoms with van der Waals surface area (Å²) in [5.74, 6) is 0.0514. The number of hydrogen-bond donors (Lipinski definition) is 0. The molecule has 0 aromatic carbocycles. The van der Waals surface area contributed by atoms with E-state index < -0.39 is 10.0 Å². The molecule has 96 valence electrons. The van der Waals surface area contributed by atoms with E-state index in [9.17, 15) is 8.42 Å². The first-order valence-corrected chi connectivity index (χ1v) is 8.06. The molecular formula is C9H18BrNO4S. The van der Waals surface area contributed by atoms with Crippen LogP contribution in [0.15, 0.2) is 0 Å². The molecule has 1 heterocycles. The first kappa shape index (κ1) is 14.4. The molecule has 0 spiro atoms. The Morgan fingerprint density at radius 1 is 1.56 bits per heavy atom. The van der Waals surface area contributed by atoms with Crippen LogP contribution < -0.4 is 0 Å². The summed E-state index contributed by atoms with van der Waals surface area (Å²) < 4.78 is 35.7. The maximum absolute atomic E-state index is 11.9. The number of hydrogen-bond acceptors (Lipinski definition) is 4. The number of ether oxygens (including phenoxy) is 2. The third-order valence-corrected chi connectivity index (χ3v) is 4.88. The third-order valence-electron chi connectivity index (χ3n) is 2.36. The molecule has 0 radical (unpaired) electrons. The number of halogens is 1. The Bertz CT molecular complexity index is 296. The molecule has 0 amide bonds. The van der Waals surface area contributed by atoms with E-state index in [4.69, 9.17) is 9.47 Å². The van der Waals surface area contributed by atoms with Crippen molar-refractivity contribution in [1.29, 1.82) is 0 Å². The van der Waals surface area contributed by atoms with E-state index in [1.54, 1.807) is 0 Å². The van der Waals surface area contributed by atoms with Gasteiger partial charge in [-0.15, -0.1) is 0 Å². The molecule has 0 N–H and O–H groups in total. The lowest BCUT2D eigenvalue weighted by atomic mass is 10.3. The number of alkyl halides is 1. The van der Waals surface area contributed by atoms with E-state index in [0.717, 1.165) is 0 Å². The summed E-state index contributed by atoms with van der Waals surface area (Å²) in [4.78, 5) is 0. The fourth-order valence-corrected chi connectivity index (χ4v) is 3.20. The molecule has 16 heavy (non-hydrogen) atoms. The highest BCUT2D eigenvalue weighted by atomic mass is 79.9. The van der Waals surface area contributed by atoms with Gasteiger partial charge in [0.15, 0.2) is 0 Å². The zero-order valence-electron chi connectivity index (χ0n) is 9.39.